The quantitative estimate of drug-likeness (QED) is 0.500. The Balaban J connectivity index is 1.42. The Bertz CT molecular complexity index is 968. The number of hydrogen-bond acceptors (Lipinski definition) is 7. The summed E-state index contributed by atoms with van der Waals surface area (Å²) in [5, 5.41) is 11.3. The Morgan fingerprint density at radius 3 is 2.58 bits per heavy atom. The highest BCUT2D eigenvalue weighted by Gasteiger charge is 2.12. The Kier molecular flexibility index (Phi) is 7.75. The van der Waals surface area contributed by atoms with Crippen LogP contribution in [0, 0.1) is 6.92 Å². The molecular formula is C23H28N4O4. The molecule has 2 heterocycles. The number of hydrogen-bond donors (Lipinski definition) is 1. The molecule has 0 radical (unpaired) electrons. The van der Waals surface area contributed by atoms with Crippen LogP contribution >= 0.6 is 0 Å². The van der Waals surface area contributed by atoms with E-state index < -0.39 is 0 Å². The first-order valence-corrected chi connectivity index (χ1v) is 10.1. The van der Waals surface area contributed by atoms with Gasteiger partial charge in [0.05, 0.1) is 6.54 Å². The molecule has 0 bridgehead atoms. The third-order valence-corrected chi connectivity index (χ3v) is 4.75. The minimum atomic E-state index is -0.0643. The van der Waals surface area contributed by atoms with E-state index in [0.29, 0.717) is 37.0 Å². The zero-order chi connectivity index (χ0) is 22.2. The van der Waals surface area contributed by atoms with Gasteiger partial charge in [0.1, 0.15) is 30.7 Å². The van der Waals surface area contributed by atoms with Gasteiger partial charge in [0.25, 0.3) is 0 Å². The van der Waals surface area contributed by atoms with Crippen LogP contribution in [0.25, 0.3) is 11.3 Å². The molecule has 0 aliphatic heterocycles. The predicted molar refractivity (Wildman–Crippen MR) is 116 cm³/mol. The van der Waals surface area contributed by atoms with Crippen LogP contribution in [0.4, 0.5) is 0 Å². The van der Waals surface area contributed by atoms with Crippen LogP contribution < -0.4 is 4.74 Å². The van der Waals surface area contributed by atoms with Crippen molar-refractivity contribution in [1.29, 1.82) is 0 Å². The van der Waals surface area contributed by atoms with Gasteiger partial charge < -0.3 is 19.3 Å². The van der Waals surface area contributed by atoms with Gasteiger partial charge in [0, 0.05) is 38.1 Å². The molecule has 0 fully saturated rings. The van der Waals surface area contributed by atoms with Gasteiger partial charge in [-0.25, -0.2) is 4.98 Å². The molecule has 8 nitrogen and oxygen atoms in total. The van der Waals surface area contributed by atoms with Crippen molar-refractivity contribution in [2.75, 3.05) is 33.8 Å². The van der Waals surface area contributed by atoms with Gasteiger partial charge in [0.15, 0.2) is 0 Å². The van der Waals surface area contributed by atoms with E-state index in [1.807, 2.05) is 49.5 Å². The monoisotopic (exact) mass is 424 g/mol. The number of oxazole rings is 1. The van der Waals surface area contributed by atoms with E-state index >= 15 is 0 Å². The second-order valence-corrected chi connectivity index (χ2v) is 7.48. The first-order valence-electron chi connectivity index (χ1n) is 10.1. The van der Waals surface area contributed by atoms with Crippen LogP contribution in [0.5, 0.6) is 5.75 Å². The Morgan fingerprint density at radius 1 is 1.13 bits per heavy atom. The summed E-state index contributed by atoms with van der Waals surface area (Å²) in [6.07, 6.45) is 4.23. The topological polar surface area (TPSA) is 91.9 Å². The summed E-state index contributed by atoms with van der Waals surface area (Å²) in [5.41, 5.74) is 3.60. The molecule has 31 heavy (non-hydrogen) atoms. The maximum atomic E-state index is 11.8. The van der Waals surface area contributed by atoms with Gasteiger partial charge in [-0.15, -0.1) is 0 Å². The molecule has 1 N–H and O–H groups in total. The van der Waals surface area contributed by atoms with E-state index in [-0.39, 0.29) is 12.3 Å². The second kappa shape index (κ2) is 10.7. The molecular weight excluding hydrogens is 396 g/mol. The number of benzene rings is 1. The predicted octanol–water partition coefficient (Wildman–Crippen LogP) is 2.99. The lowest BCUT2D eigenvalue weighted by Crippen LogP contribution is -2.27. The summed E-state index contributed by atoms with van der Waals surface area (Å²) in [6.45, 7) is 3.22. The van der Waals surface area contributed by atoms with E-state index in [0.717, 1.165) is 23.2 Å². The molecule has 3 rings (SSSR count). The SMILES string of the molecule is Cc1ccc(CCN(O)CCOc2ccc(-c3coc(CC(=O)N(C)C)n3)cc2)cn1. The van der Waals surface area contributed by atoms with Gasteiger partial charge in [-0.1, -0.05) is 6.07 Å². The summed E-state index contributed by atoms with van der Waals surface area (Å²) in [4.78, 5) is 21.9. The van der Waals surface area contributed by atoms with Crippen molar-refractivity contribution in [3.05, 3.63) is 66.0 Å². The van der Waals surface area contributed by atoms with Crippen molar-refractivity contribution in [1.82, 2.24) is 19.9 Å². The highest BCUT2D eigenvalue weighted by atomic mass is 16.5. The lowest BCUT2D eigenvalue weighted by Gasteiger charge is -2.15. The van der Waals surface area contributed by atoms with Crippen LogP contribution in [-0.4, -0.2) is 64.8 Å². The third kappa shape index (κ3) is 6.91. The maximum absolute atomic E-state index is 11.8. The van der Waals surface area contributed by atoms with Crippen LogP contribution in [0.1, 0.15) is 17.1 Å². The number of carbonyl (C=O) groups excluding carboxylic acids is 1. The average molecular weight is 425 g/mol. The molecule has 0 aliphatic rings. The Hall–Kier alpha value is -3.23. The molecule has 2 aromatic heterocycles. The van der Waals surface area contributed by atoms with Crippen molar-refractivity contribution in [2.24, 2.45) is 0 Å². The largest absolute Gasteiger partial charge is 0.492 e. The first kappa shape index (κ1) is 22.5. The van der Waals surface area contributed by atoms with Gasteiger partial charge in [-0.2, -0.15) is 5.06 Å². The number of nitrogens with zero attached hydrogens (tertiary/aromatic N) is 4. The minimum absolute atomic E-state index is 0.0643. The Morgan fingerprint density at radius 2 is 1.90 bits per heavy atom. The standard InChI is InChI=1S/C23H28N4O4/c1-17-4-5-18(15-24-17)10-11-27(29)12-13-30-20-8-6-19(7-9-20)21-16-31-22(25-21)14-23(28)26(2)3/h4-9,15-16,29H,10-14H2,1-3H3. The third-order valence-electron chi connectivity index (χ3n) is 4.75. The number of carbonyl (C=O) groups is 1. The number of rotatable bonds is 10. The van der Waals surface area contributed by atoms with Crippen molar-refractivity contribution in [2.45, 2.75) is 19.8 Å². The molecule has 0 spiro atoms. The summed E-state index contributed by atoms with van der Waals surface area (Å²) in [7, 11) is 3.39. The molecule has 1 aromatic carbocycles. The number of amides is 1. The highest BCUT2D eigenvalue weighted by molar-refractivity contribution is 5.77. The van der Waals surface area contributed by atoms with Crippen molar-refractivity contribution in [3.63, 3.8) is 0 Å². The number of hydroxylamine groups is 2. The minimum Gasteiger partial charge on any atom is -0.492 e. The lowest BCUT2D eigenvalue weighted by molar-refractivity contribution is -0.128. The molecule has 3 aromatic rings. The van der Waals surface area contributed by atoms with Gasteiger partial charge in [-0.05, 0) is 49.2 Å². The van der Waals surface area contributed by atoms with Crippen molar-refractivity contribution >= 4 is 5.91 Å². The maximum Gasteiger partial charge on any atom is 0.231 e. The van der Waals surface area contributed by atoms with Gasteiger partial charge in [0.2, 0.25) is 11.8 Å². The van der Waals surface area contributed by atoms with Crippen LogP contribution in [0.2, 0.25) is 0 Å². The summed E-state index contributed by atoms with van der Waals surface area (Å²) in [5.74, 6) is 1.02. The van der Waals surface area contributed by atoms with E-state index in [1.54, 1.807) is 20.4 Å². The zero-order valence-corrected chi connectivity index (χ0v) is 18.1. The number of aromatic nitrogens is 2. The molecule has 164 valence electrons. The number of aryl methyl sites for hydroxylation is 1. The van der Waals surface area contributed by atoms with Gasteiger partial charge in [-0.3, -0.25) is 9.78 Å². The van der Waals surface area contributed by atoms with Crippen LogP contribution in [-0.2, 0) is 17.6 Å². The molecule has 8 heteroatoms. The van der Waals surface area contributed by atoms with Crippen LogP contribution in [0.15, 0.2) is 53.3 Å². The molecule has 0 saturated heterocycles. The molecule has 0 saturated carbocycles. The number of pyridine rings is 1. The van der Waals surface area contributed by atoms with E-state index in [4.69, 9.17) is 9.15 Å². The fourth-order valence-electron chi connectivity index (χ4n) is 2.82. The average Bonchev–Trinajstić information content (AvgIpc) is 3.22. The molecule has 1 amide bonds. The summed E-state index contributed by atoms with van der Waals surface area (Å²) >= 11 is 0. The fraction of sp³-hybridized carbons (Fsp3) is 0.348. The van der Waals surface area contributed by atoms with Crippen LogP contribution in [0.3, 0.4) is 0 Å². The summed E-state index contributed by atoms with van der Waals surface area (Å²) in [6, 6.07) is 11.4. The molecule has 0 atom stereocenters. The first-order chi connectivity index (χ1) is 14.9. The zero-order valence-electron chi connectivity index (χ0n) is 18.1. The molecule has 0 aliphatic carbocycles. The molecule has 0 unspecified atom stereocenters. The Labute approximate surface area is 182 Å². The summed E-state index contributed by atoms with van der Waals surface area (Å²) < 4.78 is 11.1. The van der Waals surface area contributed by atoms with E-state index in [2.05, 4.69) is 9.97 Å². The number of likely N-dealkylation sites (N-methyl/N-ethyl adjacent to an activating group) is 1. The second-order valence-electron chi connectivity index (χ2n) is 7.48. The number of ether oxygens (including phenoxy) is 1. The van der Waals surface area contributed by atoms with E-state index in [1.165, 1.54) is 9.96 Å². The van der Waals surface area contributed by atoms with Crippen molar-refractivity contribution < 1.29 is 19.2 Å². The normalized spacial score (nSPS) is 11.0. The van der Waals surface area contributed by atoms with Gasteiger partial charge >= 0.3 is 0 Å². The van der Waals surface area contributed by atoms with E-state index in [9.17, 15) is 10.0 Å². The highest BCUT2D eigenvalue weighted by Crippen LogP contribution is 2.22. The fourth-order valence-corrected chi connectivity index (χ4v) is 2.82. The lowest BCUT2D eigenvalue weighted by atomic mass is 10.2. The smallest absolute Gasteiger partial charge is 0.231 e. The van der Waals surface area contributed by atoms with Crippen molar-refractivity contribution in [3.8, 4) is 17.0 Å².